The van der Waals surface area contributed by atoms with Gasteiger partial charge >= 0.3 is 0 Å². The molecule has 1 rings (SSSR count). The first-order valence-corrected chi connectivity index (χ1v) is 6.68. The molecule has 0 aromatic heterocycles. The van der Waals surface area contributed by atoms with E-state index in [4.69, 9.17) is 14.2 Å². The molecule has 0 heterocycles. The minimum Gasteiger partial charge on any atom is -0.494 e. The molecule has 0 aliphatic heterocycles. The van der Waals surface area contributed by atoms with Crippen LogP contribution in [0.4, 0.5) is 5.69 Å². The minimum absolute atomic E-state index is 0.215. The lowest BCUT2D eigenvalue weighted by Gasteiger charge is -2.15. The van der Waals surface area contributed by atoms with Crippen molar-refractivity contribution in [1.29, 1.82) is 0 Å². The summed E-state index contributed by atoms with van der Waals surface area (Å²) in [5, 5.41) is 3.04. The molecule has 1 N–H and O–H groups in total. The SMILES string of the molecule is CNc1c(OC)cc(OCCCCC(C)=O)cc1OC. The maximum atomic E-state index is 10.8. The monoisotopic (exact) mass is 281 g/mol. The molecule has 112 valence electrons. The van der Waals surface area contributed by atoms with Gasteiger partial charge in [-0.05, 0) is 19.8 Å². The summed E-state index contributed by atoms with van der Waals surface area (Å²) in [7, 11) is 5.02. The number of benzene rings is 1. The third-order valence-corrected chi connectivity index (χ3v) is 2.92. The molecule has 20 heavy (non-hydrogen) atoms. The van der Waals surface area contributed by atoms with Gasteiger partial charge in [-0.25, -0.2) is 0 Å². The van der Waals surface area contributed by atoms with E-state index in [9.17, 15) is 4.79 Å². The molecule has 0 saturated heterocycles. The van der Waals surface area contributed by atoms with Crippen LogP contribution in [0.3, 0.4) is 0 Å². The van der Waals surface area contributed by atoms with Gasteiger partial charge in [-0.3, -0.25) is 0 Å². The van der Waals surface area contributed by atoms with Gasteiger partial charge in [0.15, 0.2) is 0 Å². The van der Waals surface area contributed by atoms with Gasteiger partial charge in [-0.1, -0.05) is 0 Å². The van der Waals surface area contributed by atoms with Gasteiger partial charge in [0.1, 0.15) is 28.7 Å². The van der Waals surface area contributed by atoms with E-state index in [1.165, 1.54) is 0 Å². The number of ether oxygens (including phenoxy) is 3. The van der Waals surface area contributed by atoms with Gasteiger partial charge < -0.3 is 24.3 Å². The smallest absolute Gasteiger partial charge is 0.149 e. The predicted molar refractivity (Wildman–Crippen MR) is 79.1 cm³/mol. The highest BCUT2D eigenvalue weighted by Crippen LogP contribution is 2.38. The Morgan fingerprint density at radius 3 is 2.20 bits per heavy atom. The molecule has 0 fully saturated rings. The van der Waals surface area contributed by atoms with Crippen molar-refractivity contribution in [3.05, 3.63) is 12.1 Å². The van der Waals surface area contributed by atoms with Crippen LogP contribution in [0.1, 0.15) is 26.2 Å². The van der Waals surface area contributed by atoms with E-state index < -0.39 is 0 Å². The van der Waals surface area contributed by atoms with E-state index in [2.05, 4.69) is 5.32 Å². The minimum atomic E-state index is 0.215. The van der Waals surface area contributed by atoms with Crippen molar-refractivity contribution < 1.29 is 19.0 Å². The fraction of sp³-hybridized carbons (Fsp3) is 0.533. The highest BCUT2D eigenvalue weighted by Gasteiger charge is 2.11. The van der Waals surface area contributed by atoms with Crippen LogP contribution in [0.15, 0.2) is 12.1 Å². The van der Waals surface area contributed by atoms with E-state index >= 15 is 0 Å². The Balaban J connectivity index is 2.64. The van der Waals surface area contributed by atoms with Gasteiger partial charge in [0.25, 0.3) is 0 Å². The van der Waals surface area contributed by atoms with Crippen LogP contribution in [-0.2, 0) is 4.79 Å². The number of hydrogen-bond donors (Lipinski definition) is 1. The Morgan fingerprint density at radius 1 is 1.15 bits per heavy atom. The van der Waals surface area contributed by atoms with Gasteiger partial charge in [0.05, 0.1) is 20.8 Å². The topological polar surface area (TPSA) is 56.8 Å². The number of ketones is 1. The molecule has 0 bridgehead atoms. The number of nitrogens with one attached hydrogen (secondary N) is 1. The fourth-order valence-corrected chi connectivity index (χ4v) is 1.88. The van der Waals surface area contributed by atoms with Crippen LogP contribution in [-0.4, -0.2) is 33.7 Å². The van der Waals surface area contributed by atoms with Crippen molar-refractivity contribution in [3.63, 3.8) is 0 Å². The number of Topliss-reactive ketones (excluding diaryl/α,β-unsaturated/α-hetero) is 1. The zero-order valence-corrected chi connectivity index (χ0v) is 12.6. The summed E-state index contributed by atoms with van der Waals surface area (Å²) in [6.07, 6.45) is 2.30. The molecule has 5 nitrogen and oxygen atoms in total. The Hall–Kier alpha value is -1.91. The first-order valence-electron chi connectivity index (χ1n) is 6.68. The zero-order valence-electron chi connectivity index (χ0n) is 12.6. The molecule has 0 unspecified atom stereocenters. The van der Waals surface area contributed by atoms with E-state index in [-0.39, 0.29) is 5.78 Å². The second-order valence-electron chi connectivity index (χ2n) is 4.46. The van der Waals surface area contributed by atoms with E-state index in [1.807, 2.05) is 19.2 Å². The van der Waals surface area contributed by atoms with Crippen LogP contribution in [0, 0.1) is 0 Å². The molecule has 1 aromatic rings. The maximum absolute atomic E-state index is 10.8. The third-order valence-electron chi connectivity index (χ3n) is 2.92. The Morgan fingerprint density at radius 2 is 1.75 bits per heavy atom. The average molecular weight is 281 g/mol. The number of rotatable bonds is 9. The zero-order chi connectivity index (χ0) is 15.0. The predicted octanol–water partition coefficient (Wildman–Crippen LogP) is 2.88. The van der Waals surface area contributed by atoms with Crippen LogP contribution in [0.2, 0.25) is 0 Å². The van der Waals surface area contributed by atoms with E-state index in [0.29, 0.717) is 30.3 Å². The summed E-state index contributed by atoms with van der Waals surface area (Å²) in [6.45, 7) is 2.17. The van der Waals surface area contributed by atoms with Crippen LogP contribution < -0.4 is 19.5 Å². The van der Waals surface area contributed by atoms with Crippen molar-refractivity contribution in [2.24, 2.45) is 0 Å². The Labute approximate surface area is 120 Å². The number of carbonyl (C=O) groups is 1. The highest BCUT2D eigenvalue weighted by atomic mass is 16.5. The number of anilines is 1. The summed E-state index contributed by atoms with van der Waals surface area (Å²) < 4.78 is 16.3. The summed E-state index contributed by atoms with van der Waals surface area (Å²) in [5.41, 5.74) is 0.791. The van der Waals surface area contributed by atoms with Crippen LogP contribution in [0.5, 0.6) is 17.2 Å². The highest BCUT2D eigenvalue weighted by molar-refractivity contribution is 5.75. The van der Waals surface area contributed by atoms with Crippen molar-refractivity contribution in [1.82, 2.24) is 0 Å². The van der Waals surface area contributed by atoms with Crippen LogP contribution in [0.25, 0.3) is 0 Å². The molecule has 0 aliphatic carbocycles. The summed E-state index contributed by atoms with van der Waals surface area (Å²) in [6, 6.07) is 3.64. The lowest BCUT2D eigenvalue weighted by atomic mass is 10.2. The van der Waals surface area contributed by atoms with Gasteiger partial charge in [0.2, 0.25) is 0 Å². The molecular weight excluding hydrogens is 258 g/mol. The molecule has 0 saturated carbocycles. The Kier molecular flexibility index (Phi) is 6.70. The molecular formula is C15H23NO4. The maximum Gasteiger partial charge on any atom is 0.149 e. The van der Waals surface area contributed by atoms with Crippen LogP contribution >= 0.6 is 0 Å². The van der Waals surface area contributed by atoms with Gasteiger partial charge in [0, 0.05) is 25.6 Å². The quantitative estimate of drug-likeness (QED) is 0.705. The molecule has 0 atom stereocenters. The van der Waals surface area contributed by atoms with Gasteiger partial charge in [-0.2, -0.15) is 0 Å². The fourth-order valence-electron chi connectivity index (χ4n) is 1.88. The number of unbranched alkanes of at least 4 members (excludes halogenated alkanes) is 1. The molecule has 0 spiro atoms. The van der Waals surface area contributed by atoms with Crippen molar-refractivity contribution in [2.45, 2.75) is 26.2 Å². The third kappa shape index (κ3) is 4.64. The number of methoxy groups -OCH3 is 2. The molecule has 0 radical (unpaired) electrons. The largest absolute Gasteiger partial charge is 0.494 e. The standard InChI is InChI=1S/C15H23NO4/c1-11(17)7-5-6-8-20-12-9-13(18-3)15(16-2)14(10-12)19-4/h9-10,16H,5-8H2,1-4H3. The molecule has 1 aromatic carbocycles. The summed E-state index contributed by atoms with van der Waals surface area (Å²) >= 11 is 0. The summed E-state index contributed by atoms with van der Waals surface area (Å²) in [4.78, 5) is 10.8. The average Bonchev–Trinajstić information content (AvgIpc) is 2.45. The number of carbonyl (C=O) groups excluding carboxylic acids is 1. The first-order chi connectivity index (χ1) is 9.62. The lowest BCUT2D eigenvalue weighted by molar-refractivity contribution is -0.117. The molecule has 5 heteroatoms. The van der Waals surface area contributed by atoms with Crippen molar-refractivity contribution >= 4 is 11.5 Å². The second-order valence-corrected chi connectivity index (χ2v) is 4.46. The molecule has 0 amide bonds. The lowest BCUT2D eigenvalue weighted by Crippen LogP contribution is -2.02. The van der Waals surface area contributed by atoms with Crippen molar-refractivity contribution in [3.8, 4) is 17.2 Å². The first kappa shape index (κ1) is 16.1. The van der Waals surface area contributed by atoms with Gasteiger partial charge in [-0.15, -0.1) is 0 Å². The van der Waals surface area contributed by atoms with Crippen molar-refractivity contribution in [2.75, 3.05) is 33.2 Å². The molecule has 0 aliphatic rings. The normalized spacial score (nSPS) is 10.0. The number of hydrogen-bond acceptors (Lipinski definition) is 5. The van der Waals surface area contributed by atoms with E-state index in [0.717, 1.165) is 18.5 Å². The second kappa shape index (κ2) is 8.30. The summed E-state index contributed by atoms with van der Waals surface area (Å²) in [5.74, 6) is 2.25. The van der Waals surface area contributed by atoms with E-state index in [1.54, 1.807) is 21.1 Å². The Bertz CT molecular complexity index is 420.